The maximum atomic E-state index is 13.6. The summed E-state index contributed by atoms with van der Waals surface area (Å²) in [7, 11) is 1.86. The van der Waals surface area contributed by atoms with Crippen LogP contribution in [0.4, 0.5) is 5.82 Å². The molecule has 1 saturated carbocycles. The highest BCUT2D eigenvalue weighted by molar-refractivity contribution is 9.10. The Morgan fingerprint density at radius 3 is 2.71 bits per heavy atom. The molecule has 38 heavy (non-hydrogen) atoms. The van der Waals surface area contributed by atoms with Crippen molar-refractivity contribution in [1.29, 1.82) is 0 Å². The van der Waals surface area contributed by atoms with E-state index >= 15 is 0 Å². The number of pyridine rings is 1. The number of hydrogen-bond donors (Lipinski definition) is 1. The highest BCUT2D eigenvalue weighted by Crippen LogP contribution is 2.48. The number of nitrogens with zero attached hydrogens (tertiary/aromatic N) is 5. The van der Waals surface area contributed by atoms with Gasteiger partial charge in [-0.25, -0.2) is 4.98 Å². The van der Waals surface area contributed by atoms with Crippen molar-refractivity contribution in [2.24, 2.45) is 13.0 Å². The molecule has 1 aliphatic carbocycles. The smallest absolute Gasteiger partial charge is 0.248 e. The van der Waals surface area contributed by atoms with Crippen LogP contribution in [0.2, 0.25) is 0 Å². The monoisotopic (exact) mass is 573 g/mol. The second kappa shape index (κ2) is 9.43. The average Bonchev–Trinajstić information content (AvgIpc) is 3.39. The fraction of sp³-hybridized carbons (Fsp3) is 0.286. The molecular weight excluding hydrogens is 548 g/mol. The summed E-state index contributed by atoms with van der Waals surface area (Å²) in [6.45, 7) is 1.58. The third-order valence-corrected chi connectivity index (χ3v) is 7.85. The Balaban J connectivity index is 1.27. The number of rotatable bonds is 6. The van der Waals surface area contributed by atoms with Crippen molar-refractivity contribution in [2.75, 3.05) is 5.32 Å². The minimum Gasteiger partial charge on any atom is -0.337 e. The van der Waals surface area contributed by atoms with Crippen LogP contribution in [-0.2, 0) is 23.2 Å². The van der Waals surface area contributed by atoms with E-state index in [1.54, 1.807) is 40.2 Å². The minimum atomic E-state index is -0.542. The third kappa shape index (κ3) is 4.49. The molecular formula is C28H26BrN6O3+. The number of benzene rings is 1. The van der Waals surface area contributed by atoms with Crippen molar-refractivity contribution in [2.45, 2.75) is 38.4 Å². The van der Waals surface area contributed by atoms with Gasteiger partial charge >= 0.3 is 0 Å². The lowest BCUT2D eigenvalue weighted by Gasteiger charge is -2.27. The fourth-order valence-electron chi connectivity index (χ4n) is 5.45. The number of nitrogens with one attached hydrogen (secondary N) is 1. The number of amides is 2. The first-order chi connectivity index (χ1) is 18.3. The van der Waals surface area contributed by atoms with Gasteiger partial charge in [0.25, 0.3) is 0 Å². The summed E-state index contributed by atoms with van der Waals surface area (Å²) in [4.78, 5) is 45.3. The Labute approximate surface area is 227 Å². The number of likely N-dealkylation sites (tertiary alicyclic amines) is 1. The van der Waals surface area contributed by atoms with Crippen molar-refractivity contribution in [3.8, 4) is 11.1 Å². The van der Waals surface area contributed by atoms with Gasteiger partial charge in [-0.15, -0.1) is 0 Å². The minimum absolute atomic E-state index is 0.0496. The van der Waals surface area contributed by atoms with Crippen LogP contribution in [0.25, 0.3) is 22.0 Å². The molecule has 6 rings (SSSR count). The molecule has 192 valence electrons. The Morgan fingerprint density at radius 2 is 1.97 bits per heavy atom. The molecule has 3 aromatic heterocycles. The average molecular weight is 574 g/mol. The summed E-state index contributed by atoms with van der Waals surface area (Å²) in [5.41, 5.74) is 3.24. The van der Waals surface area contributed by atoms with Gasteiger partial charge in [0.15, 0.2) is 19.0 Å². The third-order valence-electron chi connectivity index (χ3n) is 7.41. The van der Waals surface area contributed by atoms with Crippen molar-refractivity contribution in [3.63, 3.8) is 0 Å². The maximum absolute atomic E-state index is 13.6. The Bertz CT molecular complexity index is 1600. The van der Waals surface area contributed by atoms with Crippen LogP contribution >= 0.6 is 15.9 Å². The molecule has 0 radical (unpaired) electrons. The Kier molecular flexibility index (Phi) is 6.06. The molecule has 9 nitrogen and oxygen atoms in total. The number of carbonyl (C=O) groups excluding carboxylic acids is 3. The van der Waals surface area contributed by atoms with E-state index in [9.17, 15) is 14.4 Å². The molecule has 0 bridgehead atoms. The van der Waals surface area contributed by atoms with Gasteiger partial charge in [0.2, 0.25) is 11.8 Å². The molecule has 3 atom stereocenters. The molecule has 1 aliphatic heterocycles. The lowest BCUT2D eigenvalue weighted by atomic mass is 10.0. The van der Waals surface area contributed by atoms with Crippen LogP contribution in [0.15, 0.2) is 65.7 Å². The van der Waals surface area contributed by atoms with E-state index in [-0.39, 0.29) is 30.2 Å². The molecule has 0 unspecified atom stereocenters. The number of fused-ring (bicyclic) bond motifs is 2. The summed E-state index contributed by atoms with van der Waals surface area (Å²) in [5.74, 6) is 0.361. The summed E-state index contributed by atoms with van der Waals surface area (Å²) in [6.07, 6.45) is 6.97. The van der Waals surface area contributed by atoms with Crippen LogP contribution in [0.1, 0.15) is 30.1 Å². The number of aryl methyl sites for hydroxylation is 1. The van der Waals surface area contributed by atoms with Crippen LogP contribution in [0.5, 0.6) is 0 Å². The number of carbonyl (C=O) groups is 3. The molecule has 10 heteroatoms. The van der Waals surface area contributed by atoms with E-state index < -0.39 is 6.04 Å². The van der Waals surface area contributed by atoms with Gasteiger partial charge in [0.05, 0.1) is 0 Å². The summed E-state index contributed by atoms with van der Waals surface area (Å²) >= 11 is 3.32. The quantitative estimate of drug-likeness (QED) is 0.216. The highest BCUT2D eigenvalue weighted by atomic mass is 79.9. The molecule has 1 aromatic carbocycles. The predicted molar refractivity (Wildman–Crippen MR) is 144 cm³/mol. The van der Waals surface area contributed by atoms with Gasteiger partial charge in [-0.2, -0.15) is 0 Å². The molecule has 2 fully saturated rings. The number of piperidine rings is 1. The first-order valence-corrected chi connectivity index (χ1v) is 13.3. The number of hydrogen-bond acceptors (Lipinski definition) is 5. The number of ketones is 1. The zero-order valence-corrected chi connectivity index (χ0v) is 22.6. The van der Waals surface area contributed by atoms with Gasteiger partial charge in [0.1, 0.15) is 29.2 Å². The summed E-state index contributed by atoms with van der Waals surface area (Å²) < 4.78 is 4.16. The van der Waals surface area contributed by atoms with Crippen LogP contribution < -0.4 is 10.00 Å². The van der Waals surface area contributed by atoms with Gasteiger partial charge in [0, 0.05) is 40.3 Å². The number of aromatic nitrogens is 4. The van der Waals surface area contributed by atoms with E-state index in [0.717, 1.165) is 28.5 Å². The Morgan fingerprint density at radius 1 is 1.13 bits per heavy atom. The fourth-order valence-corrected chi connectivity index (χ4v) is 5.79. The zero-order chi connectivity index (χ0) is 26.6. The molecule has 1 saturated heterocycles. The molecule has 2 aliphatic rings. The molecule has 2 amide bonds. The van der Waals surface area contributed by atoms with Crippen molar-refractivity contribution in [1.82, 2.24) is 19.5 Å². The van der Waals surface area contributed by atoms with E-state index in [2.05, 4.69) is 31.3 Å². The van der Waals surface area contributed by atoms with E-state index in [0.29, 0.717) is 28.3 Å². The first kappa shape index (κ1) is 24.4. The van der Waals surface area contributed by atoms with Crippen molar-refractivity contribution in [3.05, 3.63) is 71.2 Å². The van der Waals surface area contributed by atoms with Crippen LogP contribution in [0, 0.1) is 5.92 Å². The normalized spacial score (nSPS) is 19.9. The zero-order valence-electron chi connectivity index (χ0n) is 21.0. The first-order valence-electron chi connectivity index (χ1n) is 12.5. The van der Waals surface area contributed by atoms with Crippen molar-refractivity contribution < 1.29 is 19.1 Å². The summed E-state index contributed by atoms with van der Waals surface area (Å²) in [6, 6.07) is 12.7. The second-order valence-corrected chi connectivity index (χ2v) is 10.8. The van der Waals surface area contributed by atoms with Gasteiger partial charge in [-0.05, 0) is 76.5 Å². The van der Waals surface area contributed by atoms with Gasteiger partial charge in [-0.3, -0.25) is 14.4 Å². The second-order valence-electron chi connectivity index (χ2n) is 10.00. The van der Waals surface area contributed by atoms with Gasteiger partial charge in [-0.1, -0.05) is 16.8 Å². The molecule has 1 N–H and O–H groups in total. The number of anilines is 1. The topological polar surface area (TPSA) is 101 Å². The lowest BCUT2D eigenvalue weighted by Crippen LogP contribution is -2.46. The van der Waals surface area contributed by atoms with Crippen molar-refractivity contribution >= 4 is 50.2 Å². The summed E-state index contributed by atoms with van der Waals surface area (Å²) in [5, 5.41) is 7.95. The van der Waals surface area contributed by atoms with Crippen LogP contribution in [0.3, 0.4) is 0 Å². The predicted octanol–water partition coefficient (Wildman–Crippen LogP) is 3.52. The highest BCUT2D eigenvalue weighted by Gasteiger charge is 2.56. The van der Waals surface area contributed by atoms with E-state index in [1.165, 1.54) is 6.92 Å². The standard InChI is InChI=1S/C28H25BrN6O3/c1-16(36)21-14-34(22-7-6-17(10-20(21)22)18-8-9-33(2)30-13-18)15-27(37)35-23-11-19(23)12-24(35)28(38)32-26-5-3-4-25(29)31-26/h3-10,13-14,19,23-24H,11-12,15H2,1-2H3/p+1/t19-,23-,24+/m1/s1. The number of Topliss-reactive ketones (excluding diaryl/α,β-unsaturated/α-hetero) is 1. The Hall–Kier alpha value is -3.92. The SMILES string of the molecule is CC(=O)c1cn(CC(=O)N2[C@@H]3C[C@@H]3C[C@H]2C(=O)Nc2cccc(Br)n2)c2ccc(-c3cc[n+](C)nc3)cc12. The van der Waals surface area contributed by atoms with E-state index in [1.807, 2.05) is 42.1 Å². The molecule has 4 heterocycles. The lowest BCUT2D eigenvalue weighted by molar-refractivity contribution is -0.730. The van der Waals surface area contributed by atoms with Gasteiger partial charge < -0.3 is 14.8 Å². The van der Waals surface area contributed by atoms with Crippen LogP contribution in [-0.4, -0.2) is 49.2 Å². The maximum Gasteiger partial charge on any atom is 0.248 e. The molecule has 4 aromatic rings. The largest absolute Gasteiger partial charge is 0.337 e. The van der Waals surface area contributed by atoms with E-state index in [4.69, 9.17) is 0 Å². The molecule has 0 spiro atoms. The number of halogens is 1.